The molecule has 4 rings (SSSR count). The number of nitro benzene ring substituents is 1. The SMILES string of the molecule is COc1cc([C@@H]2/C(=C(\O)c3ccc([N+](=O)[O-])cc3)C(=O)C(=O)N2c2ccccc2)ccc1O. The van der Waals surface area contributed by atoms with E-state index in [0.717, 1.165) is 0 Å². The van der Waals surface area contributed by atoms with Gasteiger partial charge in [0.05, 0.1) is 23.6 Å². The van der Waals surface area contributed by atoms with Crippen molar-refractivity contribution >= 4 is 28.8 Å². The number of nitrogens with zero attached hydrogens (tertiary/aromatic N) is 2. The molecule has 0 spiro atoms. The smallest absolute Gasteiger partial charge is 0.300 e. The molecule has 1 saturated heterocycles. The molecule has 9 heteroatoms. The fourth-order valence-corrected chi connectivity index (χ4v) is 3.76. The van der Waals surface area contributed by atoms with E-state index in [2.05, 4.69) is 0 Å². The van der Waals surface area contributed by atoms with Gasteiger partial charge in [0.15, 0.2) is 11.5 Å². The number of ketones is 1. The van der Waals surface area contributed by atoms with Crippen LogP contribution in [-0.4, -0.2) is 33.9 Å². The number of aliphatic hydroxyl groups is 1. The lowest BCUT2D eigenvalue weighted by atomic mass is 9.94. The molecule has 3 aromatic rings. The molecule has 1 heterocycles. The van der Waals surface area contributed by atoms with Crippen molar-refractivity contribution in [1.82, 2.24) is 0 Å². The van der Waals surface area contributed by atoms with E-state index < -0.39 is 28.4 Å². The number of carbonyl (C=O) groups is 2. The van der Waals surface area contributed by atoms with Crippen molar-refractivity contribution in [3.05, 3.63) is 99.6 Å². The second-order valence-electron chi connectivity index (χ2n) is 7.24. The Hall–Kier alpha value is -4.66. The average molecular weight is 446 g/mol. The van der Waals surface area contributed by atoms with Gasteiger partial charge in [0, 0.05) is 23.4 Å². The van der Waals surface area contributed by atoms with Crippen LogP contribution in [0.5, 0.6) is 11.5 Å². The molecule has 1 atom stereocenters. The molecule has 3 aromatic carbocycles. The van der Waals surface area contributed by atoms with Crippen LogP contribution in [-0.2, 0) is 9.59 Å². The standard InChI is InChI=1S/C24H18N2O7/c1-33-19-13-15(9-12-18(19)27)21-20(22(28)14-7-10-17(11-8-14)26(31)32)23(29)24(30)25(21)16-5-3-2-4-6-16/h2-13,21,27-28H,1H3/b22-20+/t21-/m1/s1. The summed E-state index contributed by atoms with van der Waals surface area (Å²) in [6.07, 6.45) is 0. The van der Waals surface area contributed by atoms with Crippen LogP contribution < -0.4 is 9.64 Å². The molecule has 33 heavy (non-hydrogen) atoms. The zero-order valence-electron chi connectivity index (χ0n) is 17.3. The third kappa shape index (κ3) is 3.76. The highest BCUT2D eigenvalue weighted by Crippen LogP contribution is 2.43. The van der Waals surface area contributed by atoms with Crippen molar-refractivity contribution in [2.45, 2.75) is 6.04 Å². The monoisotopic (exact) mass is 446 g/mol. The Morgan fingerprint density at radius 3 is 2.30 bits per heavy atom. The number of benzene rings is 3. The molecule has 0 radical (unpaired) electrons. The fraction of sp³-hybridized carbons (Fsp3) is 0.0833. The van der Waals surface area contributed by atoms with Crippen molar-refractivity contribution in [3.63, 3.8) is 0 Å². The quantitative estimate of drug-likeness (QED) is 0.200. The van der Waals surface area contributed by atoms with Crippen LogP contribution in [0.15, 0.2) is 78.4 Å². The largest absolute Gasteiger partial charge is 0.507 e. The molecule has 9 nitrogen and oxygen atoms in total. The molecule has 2 N–H and O–H groups in total. The zero-order valence-corrected chi connectivity index (χ0v) is 17.3. The predicted molar refractivity (Wildman–Crippen MR) is 119 cm³/mol. The number of hydrogen-bond donors (Lipinski definition) is 2. The molecule has 0 unspecified atom stereocenters. The number of amides is 1. The average Bonchev–Trinajstić information content (AvgIpc) is 3.10. The highest BCUT2D eigenvalue weighted by Gasteiger charge is 2.47. The number of nitro groups is 1. The number of methoxy groups -OCH3 is 1. The van der Waals surface area contributed by atoms with E-state index in [1.165, 1.54) is 54.5 Å². The Balaban J connectivity index is 1.94. The number of anilines is 1. The number of Topliss-reactive ketones (excluding diaryl/α,β-unsaturated/α-hetero) is 1. The predicted octanol–water partition coefficient (Wildman–Crippen LogP) is 3.94. The summed E-state index contributed by atoms with van der Waals surface area (Å²) in [4.78, 5) is 37.8. The third-order valence-electron chi connectivity index (χ3n) is 5.35. The highest BCUT2D eigenvalue weighted by molar-refractivity contribution is 6.51. The number of phenols is 1. The molecule has 0 aliphatic carbocycles. The molecule has 166 valence electrons. The minimum atomic E-state index is -1.03. The molecule has 0 bridgehead atoms. The van der Waals surface area contributed by atoms with E-state index in [0.29, 0.717) is 11.3 Å². The van der Waals surface area contributed by atoms with E-state index in [-0.39, 0.29) is 28.3 Å². The van der Waals surface area contributed by atoms with Gasteiger partial charge in [0.25, 0.3) is 17.4 Å². The Labute approximate surface area is 187 Å². The van der Waals surface area contributed by atoms with Gasteiger partial charge >= 0.3 is 0 Å². The Morgan fingerprint density at radius 2 is 1.70 bits per heavy atom. The maximum atomic E-state index is 13.1. The van der Waals surface area contributed by atoms with Gasteiger partial charge in [0.1, 0.15) is 5.76 Å². The summed E-state index contributed by atoms with van der Waals surface area (Å²) >= 11 is 0. The molecule has 0 aromatic heterocycles. The zero-order chi connectivity index (χ0) is 23.7. The van der Waals surface area contributed by atoms with Crippen LogP contribution in [0.1, 0.15) is 17.2 Å². The normalized spacial score (nSPS) is 17.2. The van der Waals surface area contributed by atoms with Crippen molar-refractivity contribution in [3.8, 4) is 11.5 Å². The van der Waals surface area contributed by atoms with E-state index >= 15 is 0 Å². The van der Waals surface area contributed by atoms with Crippen LogP contribution in [0.2, 0.25) is 0 Å². The number of carbonyl (C=O) groups excluding carboxylic acids is 2. The second kappa shape index (κ2) is 8.46. The summed E-state index contributed by atoms with van der Waals surface area (Å²) < 4.78 is 5.18. The maximum absolute atomic E-state index is 13.1. The maximum Gasteiger partial charge on any atom is 0.300 e. The number of hydrogen-bond acceptors (Lipinski definition) is 7. The van der Waals surface area contributed by atoms with Crippen LogP contribution in [0.25, 0.3) is 5.76 Å². The number of rotatable bonds is 5. The lowest BCUT2D eigenvalue weighted by molar-refractivity contribution is -0.384. The van der Waals surface area contributed by atoms with Gasteiger partial charge in [-0.1, -0.05) is 24.3 Å². The first kappa shape index (κ1) is 21.6. The number of aliphatic hydroxyl groups excluding tert-OH is 1. The van der Waals surface area contributed by atoms with Crippen molar-refractivity contribution in [1.29, 1.82) is 0 Å². The second-order valence-corrected chi connectivity index (χ2v) is 7.24. The summed E-state index contributed by atoms with van der Waals surface area (Å²) in [5.41, 5.74) is 0.611. The van der Waals surface area contributed by atoms with E-state index in [1.807, 2.05) is 0 Å². The molecule has 1 aliphatic rings. The Kier molecular flexibility index (Phi) is 5.53. The summed E-state index contributed by atoms with van der Waals surface area (Å²) in [6, 6.07) is 16.8. The summed E-state index contributed by atoms with van der Waals surface area (Å²) in [7, 11) is 1.36. The highest BCUT2D eigenvalue weighted by atomic mass is 16.6. The minimum Gasteiger partial charge on any atom is -0.507 e. The van der Waals surface area contributed by atoms with Crippen LogP contribution in [0.3, 0.4) is 0 Å². The van der Waals surface area contributed by atoms with E-state index in [4.69, 9.17) is 4.74 Å². The van der Waals surface area contributed by atoms with Gasteiger partial charge in [0.2, 0.25) is 0 Å². The van der Waals surface area contributed by atoms with E-state index in [9.17, 15) is 29.9 Å². The van der Waals surface area contributed by atoms with Crippen LogP contribution >= 0.6 is 0 Å². The van der Waals surface area contributed by atoms with Gasteiger partial charge in [-0.3, -0.25) is 24.6 Å². The number of ether oxygens (including phenoxy) is 1. The number of aromatic hydroxyl groups is 1. The number of para-hydroxylation sites is 1. The first-order valence-corrected chi connectivity index (χ1v) is 9.81. The van der Waals surface area contributed by atoms with E-state index in [1.54, 1.807) is 30.3 Å². The molecular weight excluding hydrogens is 428 g/mol. The lowest BCUT2D eigenvalue weighted by Crippen LogP contribution is -2.29. The van der Waals surface area contributed by atoms with Gasteiger partial charge in [-0.05, 0) is 42.0 Å². The Morgan fingerprint density at radius 1 is 1.03 bits per heavy atom. The first-order valence-electron chi connectivity index (χ1n) is 9.81. The number of phenolic OH excluding ortho intramolecular Hbond substituents is 1. The molecule has 1 aliphatic heterocycles. The van der Waals surface area contributed by atoms with Gasteiger partial charge in [-0.15, -0.1) is 0 Å². The van der Waals surface area contributed by atoms with Crippen molar-refractivity contribution in [2.75, 3.05) is 12.0 Å². The van der Waals surface area contributed by atoms with Crippen LogP contribution in [0, 0.1) is 10.1 Å². The third-order valence-corrected chi connectivity index (χ3v) is 5.35. The first-order chi connectivity index (χ1) is 15.8. The summed E-state index contributed by atoms with van der Waals surface area (Å²) in [6.45, 7) is 0. The van der Waals surface area contributed by atoms with Gasteiger partial charge in [-0.2, -0.15) is 0 Å². The fourth-order valence-electron chi connectivity index (χ4n) is 3.76. The molecular formula is C24H18N2O7. The van der Waals surface area contributed by atoms with Gasteiger partial charge < -0.3 is 14.9 Å². The molecule has 1 amide bonds. The lowest BCUT2D eigenvalue weighted by Gasteiger charge is -2.25. The molecule has 1 fully saturated rings. The Bertz CT molecular complexity index is 1280. The minimum absolute atomic E-state index is 0.126. The molecule has 0 saturated carbocycles. The van der Waals surface area contributed by atoms with Gasteiger partial charge in [-0.25, -0.2) is 0 Å². The summed E-state index contributed by atoms with van der Waals surface area (Å²) in [5.74, 6) is -2.23. The van der Waals surface area contributed by atoms with Crippen molar-refractivity contribution in [2.24, 2.45) is 0 Å². The van der Waals surface area contributed by atoms with Crippen LogP contribution in [0.4, 0.5) is 11.4 Å². The topological polar surface area (TPSA) is 130 Å². The summed E-state index contributed by atoms with van der Waals surface area (Å²) in [5, 5.41) is 32.0. The van der Waals surface area contributed by atoms with Crippen molar-refractivity contribution < 1.29 is 29.5 Å². The number of non-ortho nitro benzene ring substituents is 1.